The van der Waals surface area contributed by atoms with E-state index in [4.69, 9.17) is 9.47 Å². The van der Waals surface area contributed by atoms with Gasteiger partial charge in [0, 0.05) is 18.4 Å². The van der Waals surface area contributed by atoms with Crippen LogP contribution in [0.25, 0.3) is 11.3 Å². The van der Waals surface area contributed by atoms with Gasteiger partial charge in [-0.1, -0.05) is 83.4 Å². The third-order valence-corrected chi connectivity index (χ3v) is 6.60. The molecule has 198 valence electrons. The minimum Gasteiger partial charge on any atom is -0.423 e. The largest absolute Gasteiger partial charge is 0.423 e. The van der Waals surface area contributed by atoms with Crippen LogP contribution in [0, 0.1) is 0 Å². The highest BCUT2D eigenvalue weighted by molar-refractivity contribution is 5.91. The molecule has 37 heavy (non-hydrogen) atoms. The Balaban J connectivity index is 1.43. The second-order valence-corrected chi connectivity index (χ2v) is 9.79. The van der Waals surface area contributed by atoms with Crippen molar-refractivity contribution in [2.24, 2.45) is 0 Å². The molecule has 4 heteroatoms. The number of unbranched alkanes of at least 4 members (excludes halogenated alkanes) is 8. The molecule has 0 radical (unpaired) electrons. The van der Waals surface area contributed by atoms with E-state index in [2.05, 4.69) is 24.9 Å². The van der Waals surface area contributed by atoms with E-state index in [1.807, 2.05) is 60.8 Å². The van der Waals surface area contributed by atoms with Gasteiger partial charge < -0.3 is 9.47 Å². The number of esters is 1. The van der Waals surface area contributed by atoms with Crippen molar-refractivity contribution in [1.82, 2.24) is 4.98 Å². The Morgan fingerprint density at radius 3 is 2.03 bits per heavy atom. The summed E-state index contributed by atoms with van der Waals surface area (Å²) in [5.41, 5.74) is 4.77. The first-order valence-corrected chi connectivity index (χ1v) is 14.1. The number of carbonyl (C=O) groups excluding carboxylic acids is 1. The van der Waals surface area contributed by atoms with Crippen LogP contribution in [0.2, 0.25) is 0 Å². The summed E-state index contributed by atoms with van der Waals surface area (Å²) in [5, 5.41) is 0. The number of ether oxygens (including phenoxy) is 2. The van der Waals surface area contributed by atoms with Crippen molar-refractivity contribution in [3.05, 3.63) is 83.6 Å². The number of rotatable bonds is 17. The van der Waals surface area contributed by atoms with Crippen LogP contribution in [-0.4, -0.2) is 17.6 Å². The Hall–Kier alpha value is -2.98. The molecule has 0 saturated heterocycles. The summed E-state index contributed by atoms with van der Waals surface area (Å²) in [7, 11) is 0. The minimum absolute atomic E-state index is 0.337. The summed E-state index contributed by atoms with van der Waals surface area (Å²) < 4.78 is 11.3. The Morgan fingerprint density at radius 1 is 0.703 bits per heavy atom. The number of hydrogen-bond donors (Lipinski definition) is 0. The van der Waals surface area contributed by atoms with E-state index in [1.54, 1.807) is 0 Å². The molecule has 0 atom stereocenters. The molecule has 0 bridgehead atoms. The number of aryl methyl sites for hydroxylation is 1. The van der Waals surface area contributed by atoms with Crippen molar-refractivity contribution >= 4 is 5.97 Å². The average molecular weight is 502 g/mol. The maximum absolute atomic E-state index is 12.6. The van der Waals surface area contributed by atoms with Crippen LogP contribution < -0.4 is 4.74 Å². The molecule has 0 fully saturated rings. The van der Waals surface area contributed by atoms with Crippen LogP contribution in [0.15, 0.2) is 66.9 Å². The zero-order valence-electron chi connectivity index (χ0n) is 22.7. The molecule has 0 aliphatic heterocycles. The molecule has 0 unspecified atom stereocenters. The van der Waals surface area contributed by atoms with Crippen LogP contribution >= 0.6 is 0 Å². The SMILES string of the molecule is CCCCCCCCc1ccc(C(=O)Oc2ccc(-c3ccc(COCCCCCC)cn3)cc2)cc1. The molecule has 3 rings (SSSR count). The van der Waals surface area contributed by atoms with Gasteiger partial charge in [0.2, 0.25) is 0 Å². The highest BCUT2D eigenvalue weighted by Crippen LogP contribution is 2.22. The fourth-order valence-electron chi connectivity index (χ4n) is 4.28. The zero-order valence-corrected chi connectivity index (χ0v) is 22.7. The molecule has 0 amide bonds. The Bertz CT molecular complexity index is 1030. The van der Waals surface area contributed by atoms with Crippen molar-refractivity contribution in [3.8, 4) is 17.0 Å². The highest BCUT2D eigenvalue weighted by Gasteiger charge is 2.09. The van der Waals surface area contributed by atoms with E-state index >= 15 is 0 Å². The first-order valence-electron chi connectivity index (χ1n) is 14.1. The molecule has 1 aromatic heterocycles. The predicted octanol–water partition coefficient (Wildman–Crippen LogP) is 8.97. The van der Waals surface area contributed by atoms with Gasteiger partial charge in [-0.25, -0.2) is 4.79 Å². The fourth-order valence-corrected chi connectivity index (χ4v) is 4.28. The minimum atomic E-state index is -0.337. The smallest absolute Gasteiger partial charge is 0.343 e. The molecule has 3 aromatic rings. The number of aromatic nitrogens is 1. The number of nitrogens with zero attached hydrogens (tertiary/aromatic N) is 1. The molecule has 1 heterocycles. The van der Waals surface area contributed by atoms with Gasteiger partial charge in [0.25, 0.3) is 0 Å². The third-order valence-electron chi connectivity index (χ3n) is 6.60. The number of benzene rings is 2. The maximum Gasteiger partial charge on any atom is 0.343 e. The van der Waals surface area contributed by atoms with Gasteiger partial charge in [0.1, 0.15) is 5.75 Å². The summed E-state index contributed by atoms with van der Waals surface area (Å²) >= 11 is 0. The van der Waals surface area contributed by atoms with Gasteiger partial charge in [0.05, 0.1) is 17.9 Å². The van der Waals surface area contributed by atoms with Crippen LogP contribution in [0.1, 0.15) is 99.5 Å². The Labute approximate surface area is 223 Å². The Morgan fingerprint density at radius 2 is 1.35 bits per heavy atom. The van der Waals surface area contributed by atoms with Gasteiger partial charge in [0.15, 0.2) is 0 Å². The zero-order chi connectivity index (χ0) is 26.1. The first kappa shape index (κ1) is 28.6. The molecule has 0 N–H and O–H groups in total. The van der Waals surface area contributed by atoms with Gasteiger partial charge in [-0.15, -0.1) is 0 Å². The molecule has 2 aromatic carbocycles. The first-order chi connectivity index (χ1) is 18.2. The standard InChI is InChI=1S/C33H43NO3/c1-3-5-7-9-10-11-13-27-14-17-30(18-15-27)33(35)37-31-21-19-29(20-22-31)32-23-16-28(25-34-32)26-36-24-12-8-6-4-2/h14-23,25H,3-13,24,26H2,1-2H3. The van der Waals surface area contributed by atoms with Crippen molar-refractivity contribution in [2.75, 3.05) is 6.61 Å². The monoisotopic (exact) mass is 501 g/mol. The molecule has 0 spiro atoms. The summed E-state index contributed by atoms with van der Waals surface area (Å²) in [4.78, 5) is 17.2. The Kier molecular flexibility index (Phi) is 12.9. The van der Waals surface area contributed by atoms with E-state index in [0.29, 0.717) is 17.9 Å². The number of pyridine rings is 1. The number of hydrogen-bond acceptors (Lipinski definition) is 4. The lowest BCUT2D eigenvalue weighted by molar-refractivity contribution is 0.0734. The third kappa shape index (κ3) is 10.5. The lowest BCUT2D eigenvalue weighted by Crippen LogP contribution is -2.08. The van der Waals surface area contributed by atoms with E-state index in [9.17, 15) is 4.79 Å². The second kappa shape index (κ2) is 16.7. The molecule has 0 aliphatic carbocycles. The predicted molar refractivity (Wildman–Crippen MR) is 152 cm³/mol. The molecular formula is C33H43NO3. The lowest BCUT2D eigenvalue weighted by Gasteiger charge is -2.08. The van der Waals surface area contributed by atoms with Gasteiger partial charge in [-0.05, 0) is 72.9 Å². The van der Waals surface area contributed by atoms with Crippen LogP contribution in [0.4, 0.5) is 0 Å². The van der Waals surface area contributed by atoms with Crippen molar-refractivity contribution in [1.29, 1.82) is 0 Å². The molecule has 0 saturated carbocycles. The number of carbonyl (C=O) groups is 1. The molecule has 4 nitrogen and oxygen atoms in total. The molecular weight excluding hydrogens is 458 g/mol. The highest BCUT2D eigenvalue weighted by atomic mass is 16.5. The van der Waals surface area contributed by atoms with Crippen molar-refractivity contribution in [2.45, 2.75) is 91.1 Å². The van der Waals surface area contributed by atoms with Gasteiger partial charge in [-0.3, -0.25) is 4.98 Å². The van der Waals surface area contributed by atoms with Gasteiger partial charge in [-0.2, -0.15) is 0 Å². The normalized spacial score (nSPS) is 11.0. The van der Waals surface area contributed by atoms with Crippen LogP contribution in [-0.2, 0) is 17.8 Å². The fraction of sp³-hybridized carbons (Fsp3) is 0.455. The topological polar surface area (TPSA) is 48.4 Å². The average Bonchev–Trinajstić information content (AvgIpc) is 2.94. The summed E-state index contributed by atoms with van der Waals surface area (Å²) in [5.74, 6) is 0.189. The van der Waals surface area contributed by atoms with Crippen molar-refractivity contribution in [3.63, 3.8) is 0 Å². The quantitative estimate of drug-likeness (QED) is 0.105. The molecule has 0 aliphatic rings. The summed E-state index contributed by atoms with van der Waals surface area (Å²) in [6.07, 6.45) is 15.5. The van der Waals surface area contributed by atoms with Crippen molar-refractivity contribution < 1.29 is 14.3 Å². The van der Waals surface area contributed by atoms with Crippen LogP contribution in [0.3, 0.4) is 0 Å². The van der Waals surface area contributed by atoms with E-state index in [0.717, 1.165) is 36.3 Å². The summed E-state index contributed by atoms with van der Waals surface area (Å²) in [6.45, 7) is 5.84. The van der Waals surface area contributed by atoms with Gasteiger partial charge >= 0.3 is 5.97 Å². The maximum atomic E-state index is 12.6. The lowest BCUT2D eigenvalue weighted by atomic mass is 10.0. The van der Waals surface area contributed by atoms with E-state index in [1.165, 1.54) is 63.4 Å². The van der Waals surface area contributed by atoms with Crippen LogP contribution in [0.5, 0.6) is 5.75 Å². The van der Waals surface area contributed by atoms with E-state index < -0.39 is 0 Å². The second-order valence-electron chi connectivity index (χ2n) is 9.79. The van der Waals surface area contributed by atoms with E-state index in [-0.39, 0.29) is 5.97 Å². The summed E-state index contributed by atoms with van der Waals surface area (Å²) in [6, 6.07) is 19.4.